The van der Waals surface area contributed by atoms with Crippen molar-refractivity contribution in [3.8, 4) is 17.2 Å². The Morgan fingerprint density at radius 3 is 2.29 bits per heavy atom. The summed E-state index contributed by atoms with van der Waals surface area (Å²) in [5, 5.41) is 9.37. The third-order valence-corrected chi connectivity index (χ3v) is 3.23. The Labute approximate surface area is 124 Å². The molecule has 0 saturated carbocycles. The Balaban J connectivity index is 2.13. The van der Waals surface area contributed by atoms with Crippen LogP contribution in [-0.4, -0.2) is 19.3 Å². The largest absolute Gasteiger partial charge is 0.493 e. The lowest BCUT2D eigenvalue weighted by Crippen LogP contribution is -2.00. The third kappa shape index (κ3) is 3.67. The third-order valence-electron chi connectivity index (χ3n) is 3.23. The SMILES string of the molecule is COc1ccc(COc2ccc(C)cc2CO)cc1OC. The summed E-state index contributed by atoms with van der Waals surface area (Å²) >= 11 is 0. The van der Waals surface area contributed by atoms with Gasteiger partial charge in [0.05, 0.1) is 20.8 Å². The maximum atomic E-state index is 9.37. The number of hydrogen-bond donors (Lipinski definition) is 1. The average molecular weight is 288 g/mol. The molecule has 4 heteroatoms. The molecule has 0 aromatic heterocycles. The lowest BCUT2D eigenvalue weighted by atomic mass is 10.1. The minimum atomic E-state index is -0.0387. The van der Waals surface area contributed by atoms with E-state index in [1.165, 1.54) is 0 Å². The smallest absolute Gasteiger partial charge is 0.161 e. The number of aryl methyl sites for hydroxylation is 1. The molecular formula is C17H20O4. The van der Waals surface area contributed by atoms with Crippen LogP contribution in [0.3, 0.4) is 0 Å². The van der Waals surface area contributed by atoms with Crippen molar-refractivity contribution in [1.82, 2.24) is 0 Å². The van der Waals surface area contributed by atoms with Gasteiger partial charge in [-0.25, -0.2) is 0 Å². The molecule has 0 aliphatic carbocycles. The molecule has 0 fully saturated rings. The molecule has 2 aromatic rings. The van der Waals surface area contributed by atoms with Gasteiger partial charge in [-0.05, 0) is 30.7 Å². The van der Waals surface area contributed by atoms with Gasteiger partial charge in [0.15, 0.2) is 11.5 Å². The van der Waals surface area contributed by atoms with Crippen molar-refractivity contribution in [2.75, 3.05) is 14.2 Å². The molecule has 0 saturated heterocycles. The van der Waals surface area contributed by atoms with Crippen molar-refractivity contribution >= 4 is 0 Å². The number of rotatable bonds is 6. The monoisotopic (exact) mass is 288 g/mol. The first-order chi connectivity index (χ1) is 10.2. The zero-order valence-corrected chi connectivity index (χ0v) is 12.6. The van der Waals surface area contributed by atoms with Crippen LogP contribution < -0.4 is 14.2 Å². The standard InChI is InChI=1S/C17H20O4/c1-12-4-6-15(14(8-12)10-18)21-11-13-5-7-16(19-2)17(9-13)20-3/h4-9,18H,10-11H2,1-3H3. The van der Waals surface area contributed by atoms with E-state index in [9.17, 15) is 5.11 Å². The predicted molar refractivity (Wildman–Crippen MR) is 81.0 cm³/mol. The molecule has 1 N–H and O–H groups in total. The van der Waals surface area contributed by atoms with Crippen LogP contribution in [0.25, 0.3) is 0 Å². The molecule has 0 amide bonds. The van der Waals surface area contributed by atoms with Gasteiger partial charge in [0, 0.05) is 5.56 Å². The minimum Gasteiger partial charge on any atom is -0.493 e. The summed E-state index contributed by atoms with van der Waals surface area (Å²) in [4.78, 5) is 0. The number of aliphatic hydroxyl groups excluding tert-OH is 1. The number of hydrogen-bond acceptors (Lipinski definition) is 4. The van der Waals surface area contributed by atoms with Crippen LogP contribution in [0.4, 0.5) is 0 Å². The zero-order chi connectivity index (χ0) is 15.2. The maximum Gasteiger partial charge on any atom is 0.161 e. The quantitative estimate of drug-likeness (QED) is 0.887. The molecule has 4 nitrogen and oxygen atoms in total. The molecule has 2 aromatic carbocycles. The minimum absolute atomic E-state index is 0.0387. The van der Waals surface area contributed by atoms with E-state index in [-0.39, 0.29) is 6.61 Å². The van der Waals surface area contributed by atoms with Crippen LogP contribution >= 0.6 is 0 Å². The summed E-state index contributed by atoms with van der Waals surface area (Å²) in [7, 11) is 3.21. The van der Waals surface area contributed by atoms with E-state index in [0.29, 0.717) is 23.9 Å². The van der Waals surface area contributed by atoms with Gasteiger partial charge in [-0.2, -0.15) is 0 Å². The van der Waals surface area contributed by atoms with Crippen molar-refractivity contribution in [1.29, 1.82) is 0 Å². The fraction of sp³-hybridized carbons (Fsp3) is 0.294. The molecule has 0 spiro atoms. The Bertz CT molecular complexity index is 608. The van der Waals surface area contributed by atoms with Gasteiger partial charge in [0.1, 0.15) is 12.4 Å². The molecule has 0 unspecified atom stereocenters. The summed E-state index contributed by atoms with van der Waals surface area (Å²) < 4.78 is 16.3. The van der Waals surface area contributed by atoms with Gasteiger partial charge in [-0.15, -0.1) is 0 Å². The molecule has 0 aliphatic rings. The molecular weight excluding hydrogens is 268 g/mol. The van der Waals surface area contributed by atoms with Gasteiger partial charge in [-0.1, -0.05) is 23.8 Å². The predicted octanol–water partition coefficient (Wildman–Crippen LogP) is 3.08. The van der Waals surface area contributed by atoms with Crippen molar-refractivity contribution in [2.45, 2.75) is 20.1 Å². The number of ether oxygens (including phenoxy) is 3. The van der Waals surface area contributed by atoms with E-state index in [0.717, 1.165) is 16.7 Å². The van der Waals surface area contributed by atoms with Crippen LogP contribution in [-0.2, 0) is 13.2 Å². The molecule has 21 heavy (non-hydrogen) atoms. The fourth-order valence-electron chi connectivity index (χ4n) is 2.10. The second-order valence-electron chi connectivity index (χ2n) is 4.75. The van der Waals surface area contributed by atoms with Gasteiger partial charge < -0.3 is 19.3 Å². The second-order valence-corrected chi connectivity index (χ2v) is 4.75. The molecule has 2 rings (SSSR count). The lowest BCUT2D eigenvalue weighted by molar-refractivity contribution is 0.258. The highest BCUT2D eigenvalue weighted by molar-refractivity contribution is 5.43. The van der Waals surface area contributed by atoms with Crippen LogP contribution in [0.2, 0.25) is 0 Å². The van der Waals surface area contributed by atoms with Crippen LogP contribution in [0.5, 0.6) is 17.2 Å². The van der Waals surface area contributed by atoms with Crippen molar-refractivity contribution in [2.24, 2.45) is 0 Å². The molecule has 0 aliphatic heterocycles. The Morgan fingerprint density at radius 2 is 1.62 bits per heavy atom. The van der Waals surface area contributed by atoms with Gasteiger partial charge >= 0.3 is 0 Å². The first-order valence-electron chi connectivity index (χ1n) is 6.72. The van der Waals surface area contributed by atoms with E-state index in [2.05, 4.69) is 0 Å². The molecule has 0 atom stereocenters. The summed E-state index contributed by atoms with van der Waals surface area (Å²) in [6, 6.07) is 11.4. The first kappa shape index (κ1) is 15.2. The average Bonchev–Trinajstić information content (AvgIpc) is 2.53. The van der Waals surface area contributed by atoms with E-state index >= 15 is 0 Å². The number of methoxy groups -OCH3 is 2. The Hall–Kier alpha value is -2.20. The summed E-state index contributed by atoms with van der Waals surface area (Å²) in [6.07, 6.45) is 0. The van der Waals surface area contributed by atoms with E-state index < -0.39 is 0 Å². The van der Waals surface area contributed by atoms with Crippen LogP contribution in [0.1, 0.15) is 16.7 Å². The number of aliphatic hydroxyl groups is 1. The first-order valence-corrected chi connectivity index (χ1v) is 6.72. The molecule has 0 radical (unpaired) electrons. The van der Waals surface area contributed by atoms with Crippen molar-refractivity contribution < 1.29 is 19.3 Å². The van der Waals surface area contributed by atoms with Gasteiger partial charge in [0.2, 0.25) is 0 Å². The van der Waals surface area contributed by atoms with E-state index in [1.54, 1.807) is 14.2 Å². The fourth-order valence-corrected chi connectivity index (χ4v) is 2.10. The highest BCUT2D eigenvalue weighted by Crippen LogP contribution is 2.28. The topological polar surface area (TPSA) is 47.9 Å². The van der Waals surface area contributed by atoms with Crippen LogP contribution in [0, 0.1) is 6.92 Å². The second kappa shape index (κ2) is 6.99. The van der Waals surface area contributed by atoms with Gasteiger partial charge in [-0.3, -0.25) is 0 Å². The van der Waals surface area contributed by atoms with Gasteiger partial charge in [0.25, 0.3) is 0 Å². The Morgan fingerprint density at radius 1 is 0.905 bits per heavy atom. The summed E-state index contributed by atoms with van der Waals surface area (Å²) in [5.41, 5.74) is 2.85. The summed E-state index contributed by atoms with van der Waals surface area (Å²) in [6.45, 7) is 2.34. The lowest BCUT2D eigenvalue weighted by Gasteiger charge is -2.13. The molecule has 0 bridgehead atoms. The highest BCUT2D eigenvalue weighted by atomic mass is 16.5. The normalized spacial score (nSPS) is 10.3. The highest BCUT2D eigenvalue weighted by Gasteiger charge is 2.07. The number of benzene rings is 2. The van der Waals surface area contributed by atoms with E-state index in [1.807, 2.05) is 43.3 Å². The maximum absolute atomic E-state index is 9.37. The molecule has 0 heterocycles. The van der Waals surface area contributed by atoms with E-state index in [4.69, 9.17) is 14.2 Å². The zero-order valence-electron chi connectivity index (χ0n) is 12.6. The van der Waals surface area contributed by atoms with Crippen molar-refractivity contribution in [3.05, 3.63) is 53.1 Å². The summed E-state index contributed by atoms with van der Waals surface area (Å²) in [5.74, 6) is 2.05. The molecule has 112 valence electrons. The van der Waals surface area contributed by atoms with Crippen LogP contribution in [0.15, 0.2) is 36.4 Å². The van der Waals surface area contributed by atoms with Crippen molar-refractivity contribution in [3.63, 3.8) is 0 Å². The Kier molecular flexibility index (Phi) is 5.06.